The van der Waals surface area contributed by atoms with Crippen LogP contribution >= 0.6 is 0 Å². The van der Waals surface area contributed by atoms with Gasteiger partial charge in [0.05, 0.1) is 0 Å². The number of nitrogens with zero attached hydrogens (tertiary/aromatic N) is 2. The molecule has 0 aromatic carbocycles. The van der Waals surface area contributed by atoms with Crippen LogP contribution in [0.5, 0.6) is 0 Å². The molecule has 2 saturated heterocycles. The summed E-state index contributed by atoms with van der Waals surface area (Å²) in [5.74, 6) is 0.216. The van der Waals surface area contributed by atoms with Gasteiger partial charge in [-0.1, -0.05) is 0 Å². The van der Waals surface area contributed by atoms with Crippen LogP contribution < -0.4 is 5.32 Å². The third-order valence-electron chi connectivity index (χ3n) is 3.46. The van der Waals surface area contributed by atoms with Gasteiger partial charge in [-0.05, 0) is 19.4 Å². The zero-order valence-corrected chi connectivity index (χ0v) is 9.54. The average molecular weight is 211 g/mol. The first-order valence-corrected chi connectivity index (χ1v) is 5.97. The number of piperazine rings is 1. The lowest BCUT2D eigenvalue weighted by Crippen LogP contribution is -2.50. The first-order chi connectivity index (χ1) is 7.25. The second kappa shape index (κ2) is 4.94. The molecule has 0 saturated carbocycles. The lowest BCUT2D eigenvalue weighted by molar-refractivity contribution is -0.130. The molecule has 15 heavy (non-hydrogen) atoms. The molecule has 0 spiro atoms. The monoisotopic (exact) mass is 211 g/mol. The van der Waals surface area contributed by atoms with Gasteiger partial charge in [-0.25, -0.2) is 0 Å². The number of amides is 1. The summed E-state index contributed by atoms with van der Waals surface area (Å²) in [6, 6.07) is 0.689. The minimum Gasteiger partial charge on any atom is -0.340 e. The normalized spacial score (nSPS) is 28.3. The van der Waals surface area contributed by atoms with E-state index in [0.29, 0.717) is 6.04 Å². The number of nitrogens with one attached hydrogen (secondary N) is 1. The van der Waals surface area contributed by atoms with Crippen molar-refractivity contribution in [2.45, 2.75) is 25.8 Å². The van der Waals surface area contributed by atoms with Gasteiger partial charge < -0.3 is 10.2 Å². The highest BCUT2D eigenvalue weighted by molar-refractivity contribution is 5.73. The fourth-order valence-corrected chi connectivity index (χ4v) is 2.47. The molecule has 2 fully saturated rings. The van der Waals surface area contributed by atoms with Crippen molar-refractivity contribution in [1.82, 2.24) is 15.1 Å². The number of hydrogen-bond acceptors (Lipinski definition) is 3. The Balaban J connectivity index is 1.71. The van der Waals surface area contributed by atoms with E-state index in [4.69, 9.17) is 0 Å². The lowest BCUT2D eigenvalue weighted by Gasteiger charge is -2.35. The van der Waals surface area contributed by atoms with Crippen LogP contribution in [0, 0.1) is 0 Å². The standard InChI is InChI=1S/C11H21N3O/c1-10(15)14-7-5-13(6-8-14)9-11-3-2-4-12-11/h11-12H,2-9H2,1H3/t11-/m1/s1. The van der Waals surface area contributed by atoms with Gasteiger partial charge in [-0.2, -0.15) is 0 Å². The molecule has 0 bridgehead atoms. The van der Waals surface area contributed by atoms with Crippen molar-refractivity contribution in [3.8, 4) is 0 Å². The summed E-state index contributed by atoms with van der Waals surface area (Å²) in [4.78, 5) is 15.6. The summed E-state index contributed by atoms with van der Waals surface area (Å²) in [7, 11) is 0. The van der Waals surface area contributed by atoms with Gasteiger partial charge in [-0.15, -0.1) is 0 Å². The van der Waals surface area contributed by atoms with Gasteiger partial charge in [0.2, 0.25) is 5.91 Å². The Kier molecular flexibility index (Phi) is 3.59. The molecule has 86 valence electrons. The SMILES string of the molecule is CC(=O)N1CCN(C[C@H]2CCCN2)CC1. The van der Waals surface area contributed by atoms with Gasteiger partial charge in [0.25, 0.3) is 0 Å². The summed E-state index contributed by atoms with van der Waals surface area (Å²) in [5, 5.41) is 3.52. The molecule has 2 aliphatic heterocycles. The number of carbonyl (C=O) groups excluding carboxylic acids is 1. The first kappa shape index (κ1) is 10.9. The van der Waals surface area contributed by atoms with E-state index in [-0.39, 0.29) is 5.91 Å². The minimum atomic E-state index is 0.216. The van der Waals surface area contributed by atoms with Crippen molar-refractivity contribution < 1.29 is 4.79 Å². The molecule has 4 nitrogen and oxygen atoms in total. The smallest absolute Gasteiger partial charge is 0.219 e. The average Bonchev–Trinajstić information content (AvgIpc) is 2.71. The fraction of sp³-hybridized carbons (Fsp3) is 0.909. The third kappa shape index (κ3) is 2.92. The van der Waals surface area contributed by atoms with E-state index >= 15 is 0 Å². The van der Waals surface area contributed by atoms with E-state index in [1.165, 1.54) is 19.4 Å². The van der Waals surface area contributed by atoms with Crippen molar-refractivity contribution in [3.63, 3.8) is 0 Å². The molecule has 0 unspecified atom stereocenters. The van der Waals surface area contributed by atoms with Gasteiger partial charge in [0, 0.05) is 45.7 Å². The Morgan fingerprint density at radius 2 is 2.07 bits per heavy atom. The molecule has 0 aliphatic carbocycles. The van der Waals surface area contributed by atoms with Gasteiger partial charge in [0.15, 0.2) is 0 Å². The second-order valence-corrected chi connectivity index (χ2v) is 4.60. The van der Waals surface area contributed by atoms with E-state index in [2.05, 4.69) is 10.2 Å². The summed E-state index contributed by atoms with van der Waals surface area (Å²) in [6.07, 6.45) is 2.63. The van der Waals surface area contributed by atoms with Crippen molar-refractivity contribution in [2.75, 3.05) is 39.3 Å². The van der Waals surface area contributed by atoms with Crippen LogP contribution in [0.4, 0.5) is 0 Å². The van der Waals surface area contributed by atoms with Crippen LogP contribution in [0.25, 0.3) is 0 Å². The topological polar surface area (TPSA) is 35.6 Å². The molecule has 2 rings (SSSR count). The van der Waals surface area contributed by atoms with E-state index in [0.717, 1.165) is 32.7 Å². The Morgan fingerprint density at radius 3 is 2.60 bits per heavy atom. The van der Waals surface area contributed by atoms with Gasteiger partial charge >= 0.3 is 0 Å². The van der Waals surface area contributed by atoms with Crippen LogP contribution in [0.2, 0.25) is 0 Å². The maximum atomic E-state index is 11.1. The molecule has 2 aliphatic rings. The molecule has 2 heterocycles. The molecule has 0 radical (unpaired) electrons. The van der Waals surface area contributed by atoms with Crippen LogP contribution in [0.3, 0.4) is 0 Å². The predicted octanol–water partition coefficient (Wildman–Crippen LogP) is -0.0975. The second-order valence-electron chi connectivity index (χ2n) is 4.60. The summed E-state index contributed by atoms with van der Waals surface area (Å²) < 4.78 is 0. The van der Waals surface area contributed by atoms with Crippen molar-refractivity contribution in [2.24, 2.45) is 0 Å². The number of rotatable bonds is 2. The van der Waals surface area contributed by atoms with Crippen molar-refractivity contribution in [3.05, 3.63) is 0 Å². The Hall–Kier alpha value is -0.610. The Bertz CT molecular complexity index is 218. The molecule has 0 aromatic rings. The van der Waals surface area contributed by atoms with Gasteiger partial charge in [-0.3, -0.25) is 9.69 Å². The fourth-order valence-electron chi connectivity index (χ4n) is 2.47. The van der Waals surface area contributed by atoms with Crippen LogP contribution in [0.15, 0.2) is 0 Å². The molecule has 1 amide bonds. The maximum absolute atomic E-state index is 11.1. The highest BCUT2D eigenvalue weighted by atomic mass is 16.2. The summed E-state index contributed by atoms with van der Waals surface area (Å²) >= 11 is 0. The number of carbonyl (C=O) groups is 1. The van der Waals surface area contributed by atoms with E-state index in [1.807, 2.05) is 4.90 Å². The summed E-state index contributed by atoms with van der Waals surface area (Å²) in [6.45, 7) is 7.89. The first-order valence-electron chi connectivity index (χ1n) is 5.97. The van der Waals surface area contributed by atoms with Crippen molar-refractivity contribution in [1.29, 1.82) is 0 Å². The number of hydrogen-bond donors (Lipinski definition) is 1. The quantitative estimate of drug-likeness (QED) is 0.693. The van der Waals surface area contributed by atoms with Crippen molar-refractivity contribution >= 4 is 5.91 Å². The molecule has 0 aromatic heterocycles. The third-order valence-corrected chi connectivity index (χ3v) is 3.46. The predicted molar refractivity (Wildman–Crippen MR) is 59.7 cm³/mol. The molecular formula is C11H21N3O. The maximum Gasteiger partial charge on any atom is 0.219 e. The van der Waals surface area contributed by atoms with E-state index in [1.54, 1.807) is 6.92 Å². The van der Waals surface area contributed by atoms with E-state index < -0.39 is 0 Å². The largest absolute Gasteiger partial charge is 0.340 e. The molecular weight excluding hydrogens is 190 g/mol. The lowest BCUT2D eigenvalue weighted by atomic mass is 10.2. The zero-order valence-electron chi connectivity index (χ0n) is 9.54. The highest BCUT2D eigenvalue weighted by Gasteiger charge is 2.22. The zero-order chi connectivity index (χ0) is 10.7. The van der Waals surface area contributed by atoms with Crippen LogP contribution in [0.1, 0.15) is 19.8 Å². The minimum absolute atomic E-state index is 0.216. The highest BCUT2D eigenvalue weighted by Crippen LogP contribution is 2.09. The molecule has 1 N–H and O–H groups in total. The van der Waals surface area contributed by atoms with Gasteiger partial charge in [0.1, 0.15) is 0 Å². The van der Waals surface area contributed by atoms with E-state index in [9.17, 15) is 4.79 Å². The Labute approximate surface area is 91.6 Å². The molecule has 1 atom stereocenters. The van der Waals surface area contributed by atoms with Crippen LogP contribution in [-0.4, -0.2) is 61.0 Å². The van der Waals surface area contributed by atoms with Crippen LogP contribution in [-0.2, 0) is 4.79 Å². The molecule has 4 heteroatoms. The summed E-state index contributed by atoms with van der Waals surface area (Å²) in [5.41, 5.74) is 0. The Morgan fingerprint density at radius 1 is 1.33 bits per heavy atom.